The molecule has 1 aliphatic heterocycles. The van der Waals surface area contributed by atoms with Gasteiger partial charge in [0.2, 0.25) is 11.8 Å². The molecule has 5 nitrogen and oxygen atoms in total. The Labute approximate surface area is 119 Å². The van der Waals surface area contributed by atoms with E-state index < -0.39 is 11.4 Å². The topological polar surface area (TPSA) is 66.5 Å². The predicted molar refractivity (Wildman–Crippen MR) is 72.7 cm³/mol. The van der Waals surface area contributed by atoms with Crippen LogP contribution in [0.5, 0.6) is 0 Å². The van der Waals surface area contributed by atoms with Crippen LogP contribution < -0.4 is 5.32 Å². The van der Waals surface area contributed by atoms with E-state index in [-0.39, 0.29) is 17.2 Å². The molecule has 2 saturated carbocycles. The predicted octanol–water partition coefficient (Wildman–Crippen LogP) is 2.06. The second-order valence-corrected chi connectivity index (χ2v) is 6.96. The number of carbonyl (C=O) groups is 3. The average molecular weight is 278 g/mol. The van der Waals surface area contributed by atoms with Crippen LogP contribution in [0.25, 0.3) is 0 Å². The van der Waals surface area contributed by atoms with Crippen LogP contribution in [-0.2, 0) is 9.59 Å². The van der Waals surface area contributed by atoms with E-state index in [9.17, 15) is 14.4 Å². The molecule has 0 atom stereocenters. The molecule has 5 heteroatoms. The number of rotatable bonds is 3. The Balaban J connectivity index is 1.85. The van der Waals surface area contributed by atoms with Crippen molar-refractivity contribution in [3.05, 3.63) is 0 Å². The highest BCUT2D eigenvalue weighted by Gasteiger charge is 2.57. The fourth-order valence-electron chi connectivity index (χ4n) is 3.69. The summed E-state index contributed by atoms with van der Waals surface area (Å²) in [6, 6.07) is -0.524. The molecular formula is C15H22N2O3. The van der Waals surface area contributed by atoms with Gasteiger partial charge in [0.15, 0.2) is 0 Å². The smallest absolute Gasteiger partial charge is 0.277 e. The van der Waals surface area contributed by atoms with Gasteiger partial charge in [-0.15, -0.1) is 0 Å². The van der Waals surface area contributed by atoms with E-state index in [0.29, 0.717) is 25.3 Å². The van der Waals surface area contributed by atoms with Crippen molar-refractivity contribution in [2.24, 2.45) is 16.7 Å². The summed E-state index contributed by atoms with van der Waals surface area (Å²) in [5.74, 6) is -0.188. The molecule has 1 spiro atoms. The molecule has 4 amide bonds. The van der Waals surface area contributed by atoms with Gasteiger partial charge in [-0.1, -0.05) is 26.7 Å². The minimum Gasteiger partial charge on any atom is -0.277 e. The zero-order chi connectivity index (χ0) is 14.5. The summed E-state index contributed by atoms with van der Waals surface area (Å²) in [6.45, 7) is 4.73. The molecule has 1 saturated heterocycles. The Morgan fingerprint density at radius 2 is 1.70 bits per heavy atom. The summed E-state index contributed by atoms with van der Waals surface area (Å²) in [7, 11) is 0. The highest BCUT2D eigenvalue weighted by Crippen LogP contribution is 2.53. The first-order valence-corrected chi connectivity index (χ1v) is 7.59. The number of urea groups is 1. The summed E-state index contributed by atoms with van der Waals surface area (Å²) in [6.07, 6.45) is 5.05. The van der Waals surface area contributed by atoms with E-state index >= 15 is 0 Å². The van der Waals surface area contributed by atoms with Crippen molar-refractivity contribution in [3.63, 3.8) is 0 Å². The lowest BCUT2D eigenvalue weighted by atomic mass is 9.81. The van der Waals surface area contributed by atoms with Gasteiger partial charge in [0.25, 0.3) is 0 Å². The summed E-state index contributed by atoms with van der Waals surface area (Å²) in [4.78, 5) is 38.2. The van der Waals surface area contributed by atoms with Crippen LogP contribution in [0.3, 0.4) is 0 Å². The van der Waals surface area contributed by atoms with Gasteiger partial charge in [-0.05, 0) is 37.0 Å². The molecule has 1 heterocycles. The Hall–Kier alpha value is -1.39. The van der Waals surface area contributed by atoms with Gasteiger partial charge in [-0.2, -0.15) is 0 Å². The van der Waals surface area contributed by atoms with Crippen LogP contribution in [0.15, 0.2) is 0 Å². The number of imide groups is 2. The van der Waals surface area contributed by atoms with Crippen LogP contribution >= 0.6 is 0 Å². The summed E-state index contributed by atoms with van der Waals surface area (Å²) in [5, 5.41) is 2.41. The van der Waals surface area contributed by atoms with E-state index in [0.717, 1.165) is 25.7 Å². The van der Waals surface area contributed by atoms with E-state index in [1.807, 2.05) is 0 Å². The van der Waals surface area contributed by atoms with Crippen molar-refractivity contribution in [1.29, 1.82) is 0 Å². The number of amides is 4. The Morgan fingerprint density at radius 1 is 1.10 bits per heavy atom. The fraction of sp³-hybridized carbons (Fsp3) is 0.800. The lowest BCUT2D eigenvalue weighted by molar-refractivity contribution is -0.151. The molecule has 3 aliphatic rings. The quantitative estimate of drug-likeness (QED) is 0.804. The van der Waals surface area contributed by atoms with Crippen LogP contribution in [0.1, 0.15) is 52.4 Å². The molecule has 0 bridgehead atoms. The molecule has 20 heavy (non-hydrogen) atoms. The Kier molecular flexibility index (Phi) is 2.92. The van der Waals surface area contributed by atoms with Crippen molar-refractivity contribution in [3.8, 4) is 0 Å². The number of carbonyl (C=O) groups excluding carboxylic acids is 3. The highest BCUT2D eigenvalue weighted by atomic mass is 16.2. The van der Waals surface area contributed by atoms with Crippen LogP contribution in [-0.4, -0.2) is 29.3 Å². The maximum atomic E-state index is 12.7. The summed E-state index contributed by atoms with van der Waals surface area (Å²) >= 11 is 0. The first-order valence-electron chi connectivity index (χ1n) is 7.59. The minimum absolute atomic E-state index is 0.0766. The molecule has 0 aromatic rings. The van der Waals surface area contributed by atoms with Gasteiger partial charge in [-0.3, -0.25) is 19.8 Å². The zero-order valence-electron chi connectivity index (χ0n) is 12.2. The SMILES string of the molecule is CC(C)C1(CN2C(=O)NC(=O)C3(CCCC3)C2=O)CC1. The lowest BCUT2D eigenvalue weighted by Gasteiger charge is -2.39. The third-order valence-electron chi connectivity index (χ3n) is 5.60. The number of nitrogens with one attached hydrogen (secondary N) is 1. The second-order valence-electron chi connectivity index (χ2n) is 6.96. The van der Waals surface area contributed by atoms with Crippen molar-refractivity contribution in [2.75, 3.05) is 6.54 Å². The normalized spacial score (nSPS) is 27.4. The number of barbiturate groups is 1. The summed E-state index contributed by atoms with van der Waals surface area (Å²) in [5.41, 5.74) is -0.881. The molecule has 1 N–H and O–H groups in total. The van der Waals surface area contributed by atoms with Crippen LogP contribution in [0.2, 0.25) is 0 Å². The maximum Gasteiger partial charge on any atom is 0.330 e. The molecule has 3 fully saturated rings. The Morgan fingerprint density at radius 3 is 2.20 bits per heavy atom. The van der Waals surface area contributed by atoms with E-state index in [4.69, 9.17) is 0 Å². The van der Waals surface area contributed by atoms with Gasteiger partial charge in [0.1, 0.15) is 5.41 Å². The molecule has 0 radical (unpaired) electrons. The molecule has 2 aliphatic carbocycles. The summed E-state index contributed by atoms with van der Waals surface area (Å²) < 4.78 is 0. The fourth-order valence-corrected chi connectivity index (χ4v) is 3.69. The highest BCUT2D eigenvalue weighted by molar-refractivity contribution is 6.19. The molecular weight excluding hydrogens is 256 g/mol. The zero-order valence-corrected chi connectivity index (χ0v) is 12.2. The number of hydrogen-bond acceptors (Lipinski definition) is 3. The molecule has 0 aromatic carbocycles. The van der Waals surface area contributed by atoms with Gasteiger partial charge in [-0.25, -0.2) is 4.79 Å². The first kappa shape index (κ1) is 13.6. The van der Waals surface area contributed by atoms with Gasteiger partial charge < -0.3 is 0 Å². The van der Waals surface area contributed by atoms with E-state index in [1.165, 1.54) is 4.90 Å². The third-order valence-corrected chi connectivity index (χ3v) is 5.60. The average Bonchev–Trinajstić information content (AvgIpc) is 3.01. The first-order chi connectivity index (χ1) is 9.41. The lowest BCUT2D eigenvalue weighted by Crippen LogP contribution is -2.64. The second kappa shape index (κ2) is 4.30. The van der Waals surface area contributed by atoms with Crippen molar-refractivity contribution >= 4 is 17.8 Å². The molecule has 3 rings (SSSR count). The van der Waals surface area contributed by atoms with Gasteiger partial charge >= 0.3 is 6.03 Å². The monoisotopic (exact) mass is 278 g/mol. The van der Waals surface area contributed by atoms with Crippen LogP contribution in [0.4, 0.5) is 4.79 Å². The van der Waals surface area contributed by atoms with E-state index in [2.05, 4.69) is 19.2 Å². The van der Waals surface area contributed by atoms with Crippen molar-refractivity contribution < 1.29 is 14.4 Å². The Bertz CT molecular complexity index is 474. The van der Waals surface area contributed by atoms with Gasteiger partial charge in [0, 0.05) is 6.54 Å². The standard InChI is InChI=1S/C15H22N2O3/c1-10(2)14(7-8-14)9-17-12(19)15(5-3-4-6-15)11(18)16-13(17)20/h10H,3-9H2,1-2H3,(H,16,18,20). The third kappa shape index (κ3) is 1.79. The molecule has 0 unspecified atom stereocenters. The van der Waals surface area contributed by atoms with Gasteiger partial charge in [0.05, 0.1) is 0 Å². The number of nitrogens with zero attached hydrogens (tertiary/aromatic N) is 1. The largest absolute Gasteiger partial charge is 0.330 e. The van der Waals surface area contributed by atoms with Crippen LogP contribution in [0, 0.1) is 16.7 Å². The van der Waals surface area contributed by atoms with Crippen molar-refractivity contribution in [2.45, 2.75) is 52.4 Å². The minimum atomic E-state index is -0.957. The number of hydrogen-bond donors (Lipinski definition) is 1. The van der Waals surface area contributed by atoms with E-state index in [1.54, 1.807) is 0 Å². The maximum absolute atomic E-state index is 12.7. The van der Waals surface area contributed by atoms with Crippen molar-refractivity contribution in [1.82, 2.24) is 10.2 Å². The molecule has 0 aromatic heterocycles. The molecule has 110 valence electrons.